The normalized spacial score (nSPS) is 18.4. The Morgan fingerprint density at radius 2 is 1.78 bits per heavy atom. The predicted octanol–water partition coefficient (Wildman–Crippen LogP) is 2.88. The lowest BCUT2D eigenvalue weighted by Crippen LogP contribution is -2.25. The van der Waals surface area contributed by atoms with E-state index in [-0.39, 0.29) is 16.8 Å². The highest BCUT2D eigenvalue weighted by atomic mass is 32.2. The molecule has 1 atom stereocenters. The molecule has 2 nitrogen and oxygen atoms in total. The second-order valence-electron chi connectivity index (χ2n) is 4.99. The van der Waals surface area contributed by atoms with Crippen LogP contribution in [-0.2, 0) is 22.0 Å². The molecule has 1 unspecified atom stereocenters. The third-order valence-corrected chi connectivity index (χ3v) is 5.29. The molecule has 3 heteroatoms. The van der Waals surface area contributed by atoms with Crippen molar-refractivity contribution in [1.29, 1.82) is 0 Å². The average Bonchev–Trinajstić information content (AvgIpc) is 2.40. The molecule has 1 aliphatic carbocycles. The Kier molecular flexibility index (Phi) is 5.12. The summed E-state index contributed by atoms with van der Waals surface area (Å²) < 4.78 is 12.1. The maximum atomic E-state index is 12.1. The van der Waals surface area contributed by atoms with Gasteiger partial charge in [-0.05, 0) is 18.4 Å². The van der Waals surface area contributed by atoms with Crippen LogP contribution in [0.4, 0.5) is 0 Å². The molecule has 0 aromatic heterocycles. The van der Waals surface area contributed by atoms with Crippen LogP contribution in [0.25, 0.3) is 0 Å². The minimum absolute atomic E-state index is 0.102. The standard InChI is InChI=1S/C15H20O2S/c16-14(11-13-7-3-1-4-8-13)12-18(17)15-9-5-2-6-10-15/h1,3-4,7-8,15H,2,5-6,9-12H2. The van der Waals surface area contributed by atoms with E-state index in [9.17, 15) is 9.00 Å². The predicted molar refractivity (Wildman–Crippen MR) is 75.0 cm³/mol. The molecule has 1 aromatic carbocycles. The van der Waals surface area contributed by atoms with Crippen molar-refractivity contribution >= 4 is 16.6 Å². The number of rotatable bonds is 5. The van der Waals surface area contributed by atoms with E-state index in [1.807, 2.05) is 30.3 Å². The van der Waals surface area contributed by atoms with Crippen molar-refractivity contribution in [2.24, 2.45) is 0 Å². The molecule has 1 fully saturated rings. The van der Waals surface area contributed by atoms with E-state index in [2.05, 4.69) is 0 Å². The maximum Gasteiger partial charge on any atom is 0.149 e. The van der Waals surface area contributed by atoms with Crippen molar-refractivity contribution in [2.75, 3.05) is 5.75 Å². The second-order valence-corrected chi connectivity index (χ2v) is 6.70. The molecule has 0 spiro atoms. The fraction of sp³-hybridized carbons (Fsp3) is 0.533. The van der Waals surface area contributed by atoms with Crippen molar-refractivity contribution in [3.05, 3.63) is 35.9 Å². The zero-order valence-electron chi connectivity index (χ0n) is 10.6. The summed E-state index contributed by atoms with van der Waals surface area (Å²) in [7, 11) is -0.960. The fourth-order valence-electron chi connectivity index (χ4n) is 2.48. The Labute approximate surface area is 111 Å². The maximum absolute atomic E-state index is 12.1. The van der Waals surface area contributed by atoms with Gasteiger partial charge in [0.15, 0.2) is 0 Å². The Hall–Kier alpha value is -0.960. The first-order valence-corrected chi connectivity index (χ1v) is 8.07. The van der Waals surface area contributed by atoms with Crippen molar-refractivity contribution < 1.29 is 9.00 Å². The number of benzene rings is 1. The zero-order valence-corrected chi connectivity index (χ0v) is 11.5. The van der Waals surface area contributed by atoms with Crippen LogP contribution in [0.2, 0.25) is 0 Å². The van der Waals surface area contributed by atoms with E-state index in [0.29, 0.717) is 6.42 Å². The van der Waals surface area contributed by atoms with Gasteiger partial charge in [-0.3, -0.25) is 9.00 Å². The summed E-state index contributed by atoms with van der Waals surface area (Å²) in [4.78, 5) is 11.9. The Morgan fingerprint density at radius 3 is 2.44 bits per heavy atom. The van der Waals surface area contributed by atoms with E-state index in [1.54, 1.807) is 0 Å². The second kappa shape index (κ2) is 6.83. The van der Waals surface area contributed by atoms with Gasteiger partial charge in [0.25, 0.3) is 0 Å². The van der Waals surface area contributed by atoms with E-state index in [1.165, 1.54) is 19.3 Å². The molecule has 0 bridgehead atoms. The lowest BCUT2D eigenvalue weighted by atomic mass is 10.0. The minimum Gasteiger partial charge on any atom is -0.298 e. The quantitative estimate of drug-likeness (QED) is 0.819. The number of hydrogen-bond donors (Lipinski definition) is 0. The number of Topliss-reactive ketones (excluding diaryl/α,β-unsaturated/α-hetero) is 1. The molecule has 1 saturated carbocycles. The van der Waals surface area contributed by atoms with E-state index in [0.717, 1.165) is 18.4 Å². The summed E-state index contributed by atoms with van der Waals surface area (Å²) in [5.41, 5.74) is 1.02. The highest BCUT2D eigenvalue weighted by Crippen LogP contribution is 2.22. The summed E-state index contributed by atoms with van der Waals surface area (Å²) in [6.45, 7) is 0. The van der Waals surface area contributed by atoms with E-state index < -0.39 is 10.8 Å². The van der Waals surface area contributed by atoms with Crippen LogP contribution < -0.4 is 0 Å². The van der Waals surface area contributed by atoms with Crippen LogP contribution in [0.15, 0.2) is 30.3 Å². The van der Waals surface area contributed by atoms with Gasteiger partial charge < -0.3 is 0 Å². The number of hydrogen-bond acceptors (Lipinski definition) is 2. The molecule has 0 amide bonds. The molecular formula is C15H20O2S. The van der Waals surface area contributed by atoms with Crippen LogP contribution in [0.5, 0.6) is 0 Å². The van der Waals surface area contributed by atoms with Gasteiger partial charge in [0.2, 0.25) is 0 Å². The summed E-state index contributed by atoms with van der Waals surface area (Å²) in [6, 6.07) is 9.69. The number of carbonyl (C=O) groups excluding carboxylic acids is 1. The van der Waals surface area contributed by atoms with Crippen molar-refractivity contribution in [1.82, 2.24) is 0 Å². The number of ketones is 1. The monoisotopic (exact) mass is 264 g/mol. The summed E-state index contributed by atoms with van der Waals surface area (Å²) >= 11 is 0. The first-order chi connectivity index (χ1) is 8.75. The first-order valence-electron chi connectivity index (χ1n) is 6.68. The lowest BCUT2D eigenvalue weighted by Gasteiger charge is -2.20. The molecule has 98 valence electrons. The molecule has 1 aromatic rings. The zero-order chi connectivity index (χ0) is 12.8. The molecule has 0 saturated heterocycles. The van der Waals surface area contributed by atoms with Crippen LogP contribution in [0.1, 0.15) is 37.7 Å². The summed E-state index contributed by atoms with van der Waals surface area (Å²) in [5, 5.41) is 0.262. The molecule has 18 heavy (non-hydrogen) atoms. The van der Waals surface area contributed by atoms with Crippen molar-refractivity contribution in [3.63, 3.8) is 0 Å². The third-order valence-electron chi connectivity index (χ3n) is 3.47. The molecule has 0 aliphatic heterocycles. The van der Waals surface area contributed by atoms with Crippen LogP contribution >= 0.6 is 0 Å². The van der Waals surface area contributed by atoms with Gasteiger partial charge in [0.05, 0.1) is 5.75 Å². The summed E-state index contributed by atoms with van der Waals surface area (Å²) in [6.07, 6.45) is 6.08. The van der Waals surface area contributed by atoms with Gasteiger partial charge in [0.1, 0.15) is 5.78 Å². The first kappa shape index (κ1) is 13.5. The van der Waals surface area contributed by atoms with Gasteiger partial charge in [0, 0.05) is 22.5 Å². The number of carbonyl (C=O) groups is 1. The SMILES string of the molecule is O=C(Cc1ccccc1)CS(=O)C1CCCCC1. The Morgan fingerprint density at radius 1 is 1.11 bits per heavy atom. The fourth-order valence-corrected chi connectivity index (χ4v) is 3.99. The highest BCUT2D eigenvalue weighted by Gasteiger charge is 2.21. The molecule has 2 rings (SSSR count). The largest absolute Gasteiger partial charge is 0.298 e. The van der Waals surface area contributed by atoms with Crippen LogP contribution in [-0.4, -0.2) is 21.0 Å². The van der Waals surface area contributed by atoms with Gasteiger partial charge in [-0.25, -0.2) is 0 Å². The van der Waals surface area contributed by atoms with E-state index in [4.69, 9.17) is 0 Å². The molecule has 1 aliphatic rings. The van der Waals surface area contributed by atoms with Gasteiger partial charge >= 0.3 is 0 Å². The smallest absolute Gasteiger partial charge is 0.149 e. The highest BCUT2D eigenvalue weighted by molar-refractivity contribution is 7.86. The van der Waals surface area contributed by atoms with E-state index >= 15 is 0 Å². The van der Waals surface area contributed by atoms with Gasteiger partial charge in [-0.2, -0.15) is 0 Å². The van der Waals surface area contributed by atoms with Gasteiger partial charge in [-0.1, -0.05) is 49.6 Å². The van der Waals surface area contributed by atoms with Crippen molar-refractivity contribution in [3.8, 4) is 0 Å². The third kappa shape index (κ3) is 4.05. The molecular weight excluding hydrogens is 244 g/mol. The van der Waals surface area contributed by atoms with Crippen molar-refractivity contribution in [2.45, 2.75) is 43.8 Å². The molecule has 0 N–H and O–H groups in total. The van der Waals surface area contributed by atoms with Crippen LogP contribution in [0.3, 0.4) is 0 Å². The minimum atomic E-state index is -0.960. The van der Waals surface area contributed by atoms with Gasteiger partial charge in [-0.15, -0.1) is 0 Å². The Bertz CT molecular complexity index is 408. The molecule has 0 radical (unpaired) electrons. The average molecular weight is 264 g/mol. The Balaban J connectivity index is 1.82. The topological polar surface area (TPSA) is 34.1 Å². The molecule has 0 heterocycles. The lowest BCUT2D eigenvalue weighted by molar-refractivity contribution is -0.116. The van der Waals surface area contributed by atoms with Crippen LogP contribution in [0, 0.1) is 0 Å². The summed E-state index contributed by atoms with van der Waals surface area (Å²) in [5.74, 6) is 0.338.